The number of halogens is 2. The maximum atomic E-state index is 13.5. The molecule has 0 unspecified atom stereocenters. The molecule has 5 nitrogen and oxygen atoms in total. The Morgan fingerprint density at radius 1 is 0.968 bits per heavy atom. The predicted octanol–water partition coefficient (Wildman–Crippen LogP) is 6.40. The van der Waals surface area contributed by atoms with Crippen LogP contribution in [0.5, 0.6) is 0 Å². The van der Waals surface area contributed by atoms with Gasteiger partial charge in [-0.3, -0.25) is 0 Å². The van der Waals surface area contributed by atoms with Gasteiger partial charge in [0, 0.05) is 17.1 Å². The summed E-state index contributed by atoms with van der Waals surface area (Å²) in [7, 11) is -4.11. The molecule has 1 aromatic heterocycles. The third kappa shape index (κ3) is 4.46. The van der Waals surface area contributed by atoms with E-state index in [0.29, 0.717) is 12.1 Å². The number of aryl methyl sites for hydroxylation is 1. The average Bonchev–Trinajstić information content (AvgIpc) is 3.20. The molecular formula is C23H18Cl2N2O3S. The van der Waals surface area contributed by atoms with Crippen molar-refractivity contribution in [2.24, 2.45) is 0 Å². The van der Waals surface area contributed by atoms with Gasteiger partial charge in [-0.05, 0) is 42.3 Å². The van der Waals surface area contributed by atoms with Crippen LogP contribution in [0, 0.1) is 6.92 Å². The van der Waals surface area contributed by atoms with Crippen LogP contribution in [0.15, 0.2) is 87.1 Å². The molecule has 1 heterocycles. The molecule has 1 N–H and O–H groups in total. The van der Waals surface area contributed by atoms with E-state index in [1.807, 2.05) is 61.5 Å². The van der Waals surface area contributed by atoms with Crippen molar-refractivity contribution in [2.45, 2.75) is 23.4 Å². The minimum atomic E-state index is -4.11. The van der Waals surface area contributed by atoms with E-state index in [0.717, 1.165) is 11.1 Å². The Morgan fingerprint density at radius 3 is 2.42 bits per heavy atom. The number of rotatable bonds is 6. The lowest BCUT2D eigenvalue weighted by Crippen LogP contribution is -2.08. The van der Waals surface area contributed by atoms with Gasteiger partial charge < -0.3 is 9.73 Å². The van der Waals surface area contributed by atoms with Crippen LogP contribution >= 0.6 is 23.2 Å². The highest BCUT2D eigenvalue weighted by molar-refractivity contribution is 7.91. The van der Waals surface area contributed by atoms with Gasteiger partial charge in [0.1, 0.15) is 0 Å². The second-order valence-electron chi connectivity index (χ2n) is 6.89. The predicted molar refractivity (Wildman–Crippen MR) is 122 cm³/mol. The molecule has 0 atom stereocenters. The number of hydrogen-bond acceptors (Lipinski definition) is 5. The first kappa shape index (κ1) is 21.4. The van der Waals surface area contributed by atoms with Gasteiger partial charge in [0.15, 0.2) is 0 Å². The van der Waals surface area contributed by atoms with Crippen LogP contribution in [0.1, 0.15) is 11.1 Å². The van der Waals surface area contributed by atoms with Crippen LogP contribution in [0.2, 0.25) is 10.0 Å². The van der Waals surface area contributed by atoms with Crippen molar-refractivity contribution in [3.8, 4) is 11.5 Å². The molecule has 0 spiro atoms. The molecule has 0 saturated heterocycles. The van der Waals surface area contributed by atoms with E-state index in [1.165, 1.54) is 18.2 Å². The molecule has 0 aliphatic rings. The zero-order valence-electron chi connectivity index (χ0n) is 16.5. The summed E-state index contributed by atoms with van der Waals surface area (Å²) >= 11 is 12.2. The lowest BCUT2D eigenvalue weighted by Gasteiger charge is -2.08. The molecule has 4 aromatic rings. The summed E-state index contributed by atoms with van der Waals surface area (Å²) in [5.41, 5.74) is 2.56. The number of hydrogen-bond donors (Lipinski definition) is 1. The highest BCUT2D eigenvalue weighted by atomic mass is 35.5. The van der Waals surface area contributed by atoms with Crippen LogP contribution in [0.25, 0.3) is 11.5 Å². The number of anilines is 1. The fourth-order valence-corrected chi connectivity index (χ4v) is 5.13. The lowest BCUT2D eigenvalue weighted by atomic mass is 10.1. The second-order valence-corrected chi connectivity index (χ2v) is 9.56. The molecule has 4 rings (SSSR count). The van der Waals surface area contributed by atoms with E-state index in [2.05, 4.69) is 10.3 Å². The second kappa shape index (κ2) is 8.75. The van der Waals surface area contributed by atoms with Crippen molar-refractivity contribution in [3.63, 3.8) is 0 Å². The number of aromatic nitrogens is 1. The maximum absolute atomic E-state index is 13.5. The molecule has 0 bridgehead atoms. The summed E-state index contributed by atoms with van der Waals surface area (Å²) in [4.78, 5) is 4.22. The average molecular weight is 473 g/mol. The Balaban J connectivity index is 1.83. The number of nitrogens with one attached hydrogen (secondary N) is 1. The van der Waals surface area contributed by atoms with Crippen molar-refractivity contribution in [2.75, 3.05) is 5.32 Å². The van der Waals surface area contributed by atoms with Crippen molar-refractivity contribution in [1.29, 1.82) is 0 Å². The van der Waals surface area contributed by atoms with E-state index >= 15 is 0 Å². The highest BCUT2D eigenvalue weighted by Gasteiger charge is 2.30. The fraction of sp³-hybridized carbons (Fsp3) is 0.0870. The van der Waals surface area contributed by atoms with E-state index < -0.39 is 9.84 Å². The molecule has 0 radical (unpaired) electrons. The van der Waals surface area contributed by atoms with E-state index in [-0.39, 0.29) is 31.7 Å². The molecule has 158 valence electrons. The Kier molecular flexibility index (Phi) is 6.05. The van der Waals surface area contributed by atoms with Gasteiger partial charge in [-0.15, -0.1) is 0 Å². The molecule has 8 heteroatoms. The number of nitrogens with zero attached hydrogens (tertiary/aromatic N) is 1. The molecule has 0 aliphatic heterocycles. The van der Waals surface area contributed by atoms with Crippen LogP contribution < -0.4 is 5.32 Å². The van der Waals surface area contributed by atoms with Crippen LogP contribution in [0.4, 0.5) is 5.88 Å². The minimum Gasteiger partial charge on any atom is -0.419 e. The minimum absolute atomic E-state index is 0.0400. The van der Waals surface area contributed by atoms with Crippen molar-refractivity contribution < 1.29 is 12.8 Å². The normalized spacial score (nSPS) is 11.5. The van der Waals surface area contributed by atoms with Crippen molar-refractivity contribution in [3.05, 3.63) is 94.0 Å². The Labute approximate surface area is 190 Å². The topological polar surface area (TPSA) is 72.2 Å². The molecule has 0 saturated carbocycles. The van der Waals surface area contributed by atoms with Gasteiger partial charge in [0.2, 0.25) is 26.6 Å². The SMILES string of the molecule is Cc1ccccc1-c1nc(S(=O)(=O)c2cc(Cl)ccc2Cl)c(NCc2ccccc2)o1. The Hall–Kier alpha value is -2.80. The summed E-state index contributed by atoms with van der Waals surface area (Å²) in [6.07, 6.45) is 0. The third-order valence-electron chi connectivity index (χ3n) is 4.70. The van der Waals surface area contributed by atoms with Gasteiger partial charge in [-0.1, -0.05) is 71.7 Å². The zero-order valence-corrected chi connectivity index (χ0v) is 18.8. The van der Waals surface area contributed by atoms with E-state index in [4.69, 9.17) is 27.6 Å². The number of sulfone groups is 1. The van der Waals surface area contributed by atoms with Gasteiger partial charge in [-0.25, -0.2) is 8.42 Å². The smallest absolute Gasteiger partial charge is 0.234 e. The van der Waals surface area contributed by atoms with Gasteiger partial charge >= 0.3 is 0 Å². The van der Waals surface area contributed by atoms with Crippen LogP contribution in [0.3, 0.4) is 0 Å². The largest absolute Gasteiger partial charge is 0.419 e. The molecule has 0 fully saturated rings. The van der Waals surface area contributed by atoms with Gasteiger partial charge in [0.05, 0.1) is 9.92 Å². The molecule has 0 amide bonds. The molecular weight excluding hydrogens is 455 g/mol. The summed E-state index contributed by atoms with van der Waals surface area (Å²) < 4.78 is 32.8. The quantitative estimate of drug-likeness (QED) is 0.351. The first-order valence-electron chi connectivity index (χ1n) is 9.41. The first-order chi connectivity index (χ1) is 14.9. The molecule has 0 aliphatic carbocycles. The van der Waals surface area contributed by atoms with Gasteiger partial charge in [0.25, 0.3) is 0 Å². The highest BCUT2D eigenvalue weighted by Crippen LogP contribution is 2.36. The van der Waals surface area contributed by atoms with Crippen molar-refractivity contribution in [1.82, 2.24) is 4.98 Å². The van der Waals surface area contributed by atoms with Crippen molar-refractivity contribution >= 4 is 38.9 Å². The zero-order chi connectivity index (χ0) is 22.0. The Bertz CT molecular complexity index is 1340. The fourth-order valence-electron chi connectivity index (χ4n) is 3.09. The standard InChI is InChI=1S/C23H18Cl2N2O3S/c1-15-7-5-6-10-18(15)21-27-23(22(30-21)26-14-16-8-3-2-4-9-16)31(28,29)20-13-17(24)11-12-19(20)25/h2-13,26H,14H2,1H3. The summed E-state index contributed by atoms with van der Waals surface area (Å²) in [6.45, 7) is 2.26. The monoisotopic (exact) mass is 472 g/mol. The maximum Gasteiger partial charge on any atom is 0.234 e. The summed E-state index contributed by atoms with van der Waals surface area (Å²) in [6, 6.07) is 21.3. The lowest BCUT2D eigenvalue weighted by molar-refractivity contribution is 0.576. The van der Waals surface area contributed by atoms with Crippen LogP contribution in [-0.4, -0.2) is 13.4 Å². The third-order valence-corrected chi connectivity index (χ3v) is 7.08. The first-order valence-corrected chi connectivity index (χ1v) is 11.6. The van der Waals surface area contributed by atoms with E-state index in [9.17, 15) is 8.42 Å². The Morgan fingerprint density at radius 2 is 1.68 bits per heavy atom. The summed E-state index contributed by atoms with van der Waals surface area (Å²) in [5, 5.41) is 3.13. The number of benzene rings is 3. The molecule has 31 heavy (non-hydrogen) atoms. The van der Waals surface area contributed by atoms with Gasteiger partial charge in [-0.2, -0.15) is 4.98 Å². The number of oxazole rings is 1. The van der Waals surface area contributed by atoms with Crippen LogP contribution in [-0.2, 0) is 16.4 Å². The molecule has 3 aromatic carbocycles. The summed E-state index contributed by atoms with van der Waals surface area (Å²) in [5.74, 6) is 0.239. The van der Waals surface area contributed by atoms with E-state index in [1.54, 1.807) is 0 Å².